The number of methoxy groups -OCH3 is 1. The largest absolute Gasteiger partial charge is 0.385 e. The third-order valence-corrected chi connectivity index (χ3v) is 6.84. The topological polar surface area (TPSA) is 40.3 Å². The van der Waals surface area contributed by atoms with Gasteiger partial charge in [-0.1, -0.05) is 42.3 Å². The van der Waals surface area contributed by atoms with Gasteiger partial charge < -0.3 is 15.0 Å². The second kappa shape index (κ2) is 11.1. The summed E-state index contributed by atoms with van der Waals surface area (Å²) in [6.45, 7) is 6.30. The van der Waals surface area contributed by atoms with Crippen molar-refractivity contribution in [3.05, 3.63) is 70.4 Å². The van der Waals surface area contributed by atoms with Gasteiger partial charge in [0, 0.05) is 36.9 Å². The predicted octanol–water partition coefficient (Wildman–Crippen LogP) is 5.39. The molecular formula is C28H39N3O. The summed E-state index contributed by atoms with van der Waals surface area (Å²) in [6.07, 6.45) is 7.17. The number of hydrogen-bond acceptors (Lipinski definition) is 3. The standard InChI is InChI=1S/C28H39N3O/c1-21-9-14-26-25(20-21)24-15-18-31(2)28(27(24)30-26)23-12-10-22(11-13-23)8-5-4-6-16-29-17-7-19-32-3/h9-14,20,28-30H,4-8,15-19H2,1-3H3. The normalized spacial score (nSPS) is 16.5. The predicted molar refractivity (Wildman–Crippen MR) is 135 cm³/mol. The highest BCUT2D eigenvalue weighted by Gasteiger charge is 2.29. The van der Waals surface area contributed by atoms with E-state index in [1.54, 1.807) is 7.11 Å². The molecule has 4 heteroatoms. The lowest BCUT2D eigenvalue weighted by molar-refractivity contribution is 0.194. The van der Waals surface area contributed by atoms with Crippen molar-refractivity contribution < 1.29 is 4.74 Å². The maximum Gasteiger partial charge on any atom is 0.0754 e. The van der Waals surface area contributed by atoms with E-state index in [1.165, 1.54) is 64.5 Å². The Hall–Kier alpha value is -2.14. The van der Waals surface area contributed by atoms with E-state index in [0.29, 0.717) is 6.04 Å². The molecule has 0 spiro atoms. The summed E-state index contributed by atoms with van der Waals surface area (Å²) in [5.41, 5.74) is 8.33. The zero-order valence-corrected chi connectivity index (χ0v) is 20.0. The number of H-pyrrole nitrogens is 1. The fraction of sp³-hybridized carbons (Fsp3) is 0.500. The first-order valence-corrected chi connectivity index (χ1v) is 12.3. The number of nitrogens with zero attached hydrogens (tertiary/aromatic N) is 1. The van der Waals surface area contributed by atoms with Gasteiger partial charge in [0.2, 0.25) is 0 Å². The first-order chi connectivity index (χ1) is 15.7. The fourth-order valence-electron chi connectivity index (χ4n) is 5.03. The van der Waals surface area contributed by atoms with Gasteiger partial charge in [0.25, 0.3) is 0 Å². The summed E-state index contributed by atoms with van der Waals surface area (Å²) < 4.78 is 5.08. The Kier molecular flexibility index (Phi) is 8.01. The molecule has 1 atom stereocenters. The van der Waals surface area contributed by atoms with Crippen LogP contribution in [0.3, 0.4) is 0 Å². The van der Waals surface area contributed by atoms with Crippen LogP contribution < -0.4 is 5.32 Å². The Morgan fingerprint density at radius 1 is 1.03 bits per heavy atom. The van der Waals surface area contributed by atoms with Crippen LogP contribution in [0.5, 0.6) is 0 Å². The van der Waals surface area contributed by atoms with Crippen molar-refractivity contribution in [2.45, 2.75) is 51.5 Å². The van der Waals surface area contributed by atoms with E-state index in [2.05, 4.69) is 71.6 Å². The van der Waals surface area contributed by atoms with Gasteiger partial charge in [-0.2, -0.15) is 0 Å². The maximum absolute atomic E-state index is 5.08. The summed E-state index contributed by atoms with van der Waals surface area (Å²) in [5, 5.41) is 4.91. The highest BCUT2D eigenvalue weighted by Crippen LogP contribution is 2.37. The van der Waals surface area contributed by atoms with Gasteiger partial charge in [-0.15, -0.1) is 0 Å². The van der Waals surface area contributed by atoms with Crippen molar-refractivity contribution in [3.8, 4) is 0 Å². The fourth-order valence-corrected chi connectivity index (χ4v) is 5.03. The molecule has 4 rings (SSSR count). The molecule has 3 aromatic rings. The van der Waals surface area contributed by atoms with Gasteiger partial charge in [0.1, 0.15) is 0 Å². The first kappa shape index (κ1) is 23.0. The van der Waals surface area contributed by atoms with E-state index in [-0.39, 0.29) is 0 Å². The van der Waals surface area contributed by atoms with Crippen LogP contribution in [0.15, 0.2) is 42.5 Å². The number of unbranched alkanes of at least 4 members (excludes halogenated alkanes) is 2. The molecule has 1 aliphatic heterocycles. The second-order valence-electron chi connectivity index (χ2n) is 9.35. The van der Waals surface area contributed by atoms with E-state index in [1.807, 2.05) is 0 Å². The smallest absolute Gasteiger partial charge is 0.0754 e. The van der Waals surface area contributed by atoms with Crippen molar-refractivity contribution in [1.82, 2.24) is 15.2 Å². The van der Waals surface area contributed by atoms with Gasteiger partial charge >= 0.3 is 0 Å². The van der Waals surface area contributed by atoms with Gasteiger partial charge in [0.15, 0.2) is 0 Å². The summed E-state index contributed by atoms with van der Waals surface area (Å²) in [6, 6.07) is 16.5. The Labute approximate surface area is 193 Å². The lowest BCUT2D eigenvalue weighted by atomic mass is 9.92. The monoisotopic (exact) mass is 433 g/mol. The van der Waals surface area contributed by atoms with E-state index in [0.717, 1.165) is 39.1 Å². The minimum atomic E-state index is 0.310. The highest BCUT2D eigenvalue weighted by atomic mass is 16.5. The lowest BCUT2D eigenvalue weighted by Crippen LogP contribution is -2.32. The maximum atomic E-state index is 5.08. The van der Waals surface area contributed by atoms with Gasteiger partial charge in [0.05, 0.1) is 6.04 Å². The molecule has 1 aromatic heterocycles. The molecule has 0 aliphatic carbocycles. The molecule has 2 N–H and O–H groups in total. The molecule has 32 heavy (non-hydrogen) atoms. The number of fused-ring (bicyclic) bond motifs is 3. The number of rotatable bonds is 11. The lowest BCUT2D eigenvalue weighted by Gasteiger charge is -2.33. The summed E-state index contributed by atoms with van der Waals surface area (Å²) in [7, 11) is 4.02. The van der Waals surface area contributed by atoms with Gasteiger partial charge in [-0.25, -0.2) is 0 Å². The molecule has 172 valence electrons. The Morgan fingerprint density at radius 2 is 1.84 bits per heavy atom. The number of aromatic nitrogens is 1. The van der Waals surface area contributed by atoms with Gasteiger partial charge in [-0.05, 0) is 88.0 Å². The minimum Gasteiger partial charge on any atom is -0.385 e. The molecule has 4 nitrogen and oxygen atoms in total. The van der Waals surface area contributed by atoms with Crippen LogP contribution in [0.2, 0.25) is 0 Å². The average Bonchev–Trinajstić information content (AvgIpc) is 3.16. The molecule has 2 aromatic carbocycles. The molecule has 0 amide bonds. The van der Waals surface area contributed by atoms with Crippen LogP contribution in [0.1, 0.15) is 59.7 Å². The first-order valence-electron chi connectivity index (χ1n) is 12.3. The molecule has 0 saturated carbocycles. The molecule has 0 bridgehead atoms. The van der Waals surface area contributed by atoms with E-state index >= 15 is 0 Å². The van der Waals surface area contributed by atoms with Crippen LogP contribution >= 0.6 is 0 Å². The Morgan fingerprint density at radius 3 is 2.66 bits per heavy atom. The van der Waals surface area contributed by atoms with Crippen LogP contribution in [0, 0.1) is 6.92 Å². The quantitative estimate of drug-likeness (QED) is 0.398. The van der Waals surface area contributed by atoms with E-state index in [4.69, 9.17) is 4.74 Å². The zero-order valence-electron chi connectivity index (χ0n) is 20.0. The van der Waals surface area contributed by atoms with E-state index in [9.17, 15) is 0 Å². The SMILES string of the molecule is COCCCNCCCCCc1ccc(C2c3[nH]c4ccc(C)cc4c3CCN2C)cc1. The van der Waals surface area contributed by atoms with Crippen molar-refractivity contribution in [3.63, 3.8) is 0 Å². The number of nitrogens with one attached hydrogen (secondary N) is 2. The van der Waals surface area contributed by atoms with Crippen molar-refractivity contribution in [2.24, 2.45) is 0 Å². The van der Waals surface area contributed by atoms with Crippen molar-refractivity contribution in [1.29, 1.82) is 0 Å². The highest BCUT2D eigenvalue weighted by molar-refractivity contribution is 5.86. The summed E-state index contributed by atoms with van der Waals surface area (Å²) in [5.74, 6) is 0. The average molecular weight is 434 g/mol. The Bertz CT molecular complexity index is 992. The van der Waals surface area contributed by atoms with Crippen LogP contribution in [-0.4, -0.2) is 50.3 Å². The number of ether oxygens (including phenoxy) is 1. The van der Waals surface area contributed by atoms with Crippen LogP contribution in [0.25, 0.3) is 10.9 Å². The number of aromatic amines is 1. The molecule has 1 aliphatic rings. The summed E-state index contributed by atoms with van der Waals surface area (Å²) in [4.78, 5) is 6.24. The van der Waals surface area contributed by atoms with Crippen molar-refractivity contribution in [2.75, 3.05) is 40.4 Å². The number of aryl methyl sites for hydroxylation is 2. The third kappa shape index (κ3) is 5.43. The number of likely N-dealkylation sites (N-methyl/N-ethyl adjacent to an activating group) is 1. The van der Waals surface area contributed by atoms with Gasteiger partial charge in [-0.3, -0.25) is 4.90 Å². The van der Waals surface area contributed by atoms with E-state index < -0.39 is 0 Å². The second-order valence-corrected chi connectivity index (χ2v) is 9.35. The molecule has 2 heterocycles. The molecule has 0 saturated heterocycles. The molecule has 1 unspecified atom stereocenters. The molecular weight excluding hydrogens is 394 g/mol. The summed E-state index contributed by atoms with van der Waals surface area (Å²) >= 11 is 0. The van der Waals surface area contributed by atoms with Crippen LogP contribution in [-0.2, 0) is 17.6 Å². The number of benzene rings is 2. The Balaban J connectivity index is 1.34. The molecule has 0 fully saturated rings. The minimum absolute atomic E-state index is 0.310. The van der Waals surface area contributed by atoms with Crippen molar-refractivity contribution >= 4 is 10.9 Å². The zero-order chi connectivity index (χ0) is 22.3. The number of hydrogen-bond donors (Lipinski definition) is 2. The third-order valence-electron chi connectivity index (χ3n) is 6.84. The van der Waals surface area contributed by atoms with Crippen LogP contribution in [0.4, 0.5) is 0 Å². The molecule has 0 radical (unpaired) electrons.